The molecule has 0 radical (unpaired) electrons. The van der Waals surface area contributed by atoms with Crippen molar-refractivity contribution >= 4 is 0 Å². The van der Waals surface area contributed by atoms with Crippen LogP contribution in [0.2, 0.25) is 0 Å². The number of ether oxygens (including phenoxy) is 1. The maximum atomic E-state index is 5.32. The first-order valence-corrected chi connectivity index (χ1v) is 7.79. The molecule has 2 bridgehead atoms. The topological polar surface area (TPSA) is 24.5 Å². The van der Waals surface area contributed by atoms with Gasteiger partial charge in [0.1, 0.15) is 5.75 Å². The lowest BCUT2D eigenvalue weighted by Crippen LogP contribution is -2.47. The Morgan fingerprint density at radius 2 is 1.95 bits per heavy atom. The minimum absolute atomic E-state index is 0.387. The van der Waals surface area contributed by atoms with E-state index in [1.807, 2.05) is 6.07 Å². The monoisotopic (exact) mass is 274 g/mol. The van der Waals surface area contributed by atoms with Crippen molar-refractivity contribution in [2.45, 2.75) is 56.8 Å². The molecule has 0 spiro atoms. The number of nitrogens with zero attached hydrogens (tertiary/aromatic N) is 1. The van der Waals surface area contributed by atoms with Crippen LogP contribution in [-0.4, -0.2) is 37.2 Å². The van der Waals surface area contributed by atoms with Crippen LogP contribution in [0.5, 0.6) is 5.75 Å². The van der Waals surface area contributed by atoms with Crippen LogP contribution in [0.3, 0.4) is 0 Å². The number of fused-ring (bicyclic) bond motifs is 2. The number of methoxy groups -OCH3 is 1. The molecule has 3 atom stereocenters. The first kappa shape index (κ1) is 13.9. The third-order valence-corrected chi connectivity index (χ3v) is 5.18. The highest BCUT2D eigenvalue weighted by atomic mass is 16.5. The number of hydrogen-bond acceptors (Lipinski definition) is 3. The normalized spacial score (nSPS) is 31.2. The van der Waals surface area contributed by atoms with E-state index < -0.39 is 0 Å². The molecule has 2 saturated heterocycles. The lowest BCUT2D eigenvalue weighted by Gasteiger charge is -2.38. The van der Waals surface area contributed by atoms with Gasteiger partial charge < -0.3 is 15.0 Å². The lowest BCUT2D eigenvalue weighted by atomic mass is 9.96. The zero-order valence-electron chi connectivity index (χ0n) is 12.8. The number of piperidine rings is 1. The van der Waals surface area contributed by atoms with E-state index in [0.29, 0.717) is 12.1 Å². The first-order chi connectivity index (χ1) is 9.67. The minimum Gasteiger partial charge on any atom is -0.497 e. The Hall–Kier alpha value is -1.06. The van der Waals surface area contributed by atoms with Gasteiger partial charge in [0.25, 0.3) is 0 Å². The summed E-state index contributed by atoms with van der Waals surface area (Å²) >= 11 is 0. The Morgan fingerprint density at radius 3 is 2.60 bits per heavy atom. The Labute approximate surface area is 122 Å². The molecular formula is C17H26N2O. The van der Waals surface area contributed by atoms with Gasteiger partial charge in [-0.2, -0.15) is 0 Å². The second kappa shape index (κ2) is 5.74. The molecule has 1 aromatic rings. The number of rotatable bonds is 4. The molecule has 2 heterocycles. The van der Waals surface area contributed by atoms with Crippen molar-refractivity contribution < 1.29 is 4.74 Å². The third-order valence-electron chi connectivity index (χ3n) is 5.18. The van der Waals surface area contributed by atoms with Crippen LogP contribution in [0.15, 0.2) is 24.3 Å². The Morgan fingerprint density at radius 1 is 1.25 bits per heavy atom. The summed E-state index contributed by atoms with van der Waals surface area (Å²) in [7, 11) is 4.02. The fraction of sp³-hybridized carbons (Fsp3) is 0.647. The lowest BCUT2D eigenvalue weighted by molar-refractivity contribution is 0.144. The molecule has 20 heavy (non-hydrogen) atoms. The molecule has 2 aliphatic rings. The molecule has 1 N–H and O–H groups in total. The number of benzene rings is 1. The van der Waals surface area contributed by atoms with Crippen LogP contribution in [0.4, 0.5) is 0 Å². The van der Waals surface area contributed by atoms with Gasteiger partial charge in [-0.15, -0.1) is 0 Å². The second-order valence-corrected chi connectivity index (χ2v) is 6.38. The van der Waals surface area contributed by atoms with E-state index in [0.717, 1.165) is 17.8 Å². The largest absolute Gasteiger partial charge is 0.497 e. The summed E-state index contributed by atoms with van der Waals surface area (Å²) in [4.78, 5) is 2.59. The maximum Gasteiger partial charge on any atom is 0.119 e. The maximum absolute atomic E-state index is 5.32. The summed E-state index contributed by atoms with van der Waals surface area (Å²) in [5, 5.41) is 3.83. The second-order valence-electron chi connectivity index (χ2n) is 6.38. The van der Waals surface area contributed by atoms with Crippen molar-refractivity contribution in [1.82, 2.24) is 10.2 Å². The standard InChI is InChI=1S/C17H26N2O/c1-12(13-5-4-6-17(9-13)20-3)18-14-10-15-7-8-16(11-14)19(15)2/h4-6,9,12,14-16,18H,7-8,10-11H2,1-3H3/t12-,14?,15?,16?/m0/s1. The molecule has 3 rings (SSSR count). The van der Waals surface area contributed by atoms with Gasteiger partial charge in [0.15, 0.2) is 0 Å². The number of hydrogen-bond donors (Lipinski definition) is 1. The highest BCUT2D eigenvalue weighted by Gasteiger charge is 2.38. The fourth-order valence-corrected chi connectivity index (χ4v) is 3.91. The Balaban J connectivity index is 1.63. The van der Waals surface area contributed by atoms with E-state index in [-0.39, 0.29) is 0 Å². The van der Waals surface area contributed by atoms with Gasteiger partial charge in [-0.3, -0.25) is 0 Å². The van der Waals surface area contributed by atoms with E-state index >= 15 is 0 Å². The van der Waals surface area contributed by atoms with E-state index in [1.54, 1.807) is 7.11 Å². The molecule has 3 nitrogen and oxygen atoms in total. The fourth-order valence-electron chi connectivity index (χ4n) is 3.91. The van der Waals surface area contributed by atoms with Crippen LogP contribution >= 0.6 is 0 Å². The van der Waals surface area contributed by atoms with Crippen molar-refractivity contribution in [3.63, 3.8) is 0 Å². The molecule has 0 aliphatic carbocycles. The van der Waals surface area contributed by atoms with E-state index in [4.69, 9.17) is 4.74 Å². The van der Waals surface area contributed by atoms with E-state index in [9.17, 15) is 0 Å². The van der Waals surface area contributed by atoms with Crippen LogP contribution in [0.1, 0.15) is 44.2 Å². The molecule has 0 aromatic heterocycles. The predicted molar refractivity (Wildman–Crippen MR) is 82.1 cm³/mol. The van der Waals surface area contributed by atoms with Gasteiger partial charge in [-0.05, 0) is 57.4 Å². The highest BCUT2D eigenvalue weighted by molar-refractivity contribution is 5.30. The SMILES string of the molecule is COc1cccc([C@H](C)NC2CC3CCC(C2)N3C)c1. The zero-order chi connectivity index (χ0) is 14.1. The Kier molecular flexibility index (Phi) is 3.99. The first-order valence-electron chi connectivity index (χ1n) is 7.79. The Bertz CT molecular complexity index is 448. The van der Waals surface area contributed by atoms with Crippen LogP contribution in [0, 0.1) is 0 Å². The molecule has 0 saturated carbocycles. The molecule has 110 valence electrons. The minimum atomic E-state index is 0.387. The third kappa shape index (κ3) is 2.70. The van der Waals surface area contributed by atoms with E-state index in [2.05, 4.69) is 42.4 Å². The van der Waals surface area contributed by atoms with Crippen molar-refractivity contribution in [2.75, 3.05) is 14.2 Å². The van der Waals surface area contributed by atoms with Gasteiger partial charge in [-0.1, -0.05) is 12.1 Å². The summed E-state index contributed by atoms with van der Waals surface area (Å²) in [6, 6.07) is 11.0. The number of nitrogens with one attached hydrogen (secondary N) is 1. The van der Waals surface area contributed by atoms with E-state index in [1.165, 1.54) is 31.2 Å². The summed E-state index contributed by atoms with van der Waals surface area (Å²) in [5.41, 5.74) is 1.32. The summed E-state index contributed by atoms with van der Waals surface area (Å²) in [6.07, 6.45) is 5.35. The van der Waals surface area contributed by atoms with Crippen molar-refractivity contribution in [3.05, 3.63) is 29.8 Å². The summed E-state index contributed by atoms with van der Waals surface area (Å²) < 4.78 is 5.32. The quantitative estimate of drug-likeness (QED) is 0.913. The van der Waals surface area contributed by atoms with Crippen LogP contribution in [0.25, 0.3) is 0 Å². The molecule has 3 heteroatoms. The van der Waals surface area contributed by atoms with Crippen LogP contribution < -0.4 is 10.1 Å². The van der Waals surface area contributed by atoms with Crippen molar-refractivity contribution in [3.8, 4) is 5.75 Å². The van der Waals surface area contributed by atoms with Crippen molar-refractivity contribution in [1.29, 1.82) is 0 Å². The molecule has 2 aliphatic heterocycles. The van der Waals surface area contributed by atoms with Crippen molar-refractivity contribution in [2.24, 2.45) is 0 Å². The average Bonchev–Trinajstić information content (AvgIpc) is 2.69. The van der Waals surface area contributed by atoms with Crippen LogP contribution in [-0.2, 0) is 0 Å². The molecule has 2 unspecified atom stereocenters. The molecule has 2 fully saturated rings. The summed E-state index contributed by atoms with van der Waals surface area (Å²) in [6.45, 7) is 2.26. The molecular weight excluding hydrogens is 248 g/mol. The van der Waals surface area contributed by atoms with Gasteiger partial charge in [0.05, 0.1) is 7.11 Å². The summed E-state index contributed by atoms with van der Waals surface area (Å²) in [5.74, 6) is 0.944. The predicted octanol–water partition coefficient (Wildman–Crippen LogP) is 2.97. The highest BCUT2D eigenvalue weighted by Crippen LogP contribution is 2.35. The van der Waals surface area contributed by atoms with Gasteiger partial charge in [-0.25, -0.2) is 0 Å². The average molecular weight is 274 g/mol. The molecule has 0 amide bonds. The van der Waals surface area contributed by atoms with Gasteiger partial charge >= 0.3 is 0 Å². The zero-order valence-corrected chi connectivity index (χ0v) is 12.8. The smallest absolute Gasteiger partial charge is 0.119 e. The molecule has 1 aromatic carbocycles. The van der Waals surface area contributed by atoms with Gasteiger partial charge in [0, 0.05) is 24.2 Å². The van der Waals surface area contributed by atoms with Gasteiger partial charge in [0.2, 0.25) is 0 Å².